The molecule has 1 saturated heterocycles. The summed E-state index contributed by atoms with van der Waals surface area (Å²) in [7, 11) is -3.68. The van der Waals surface area contributed by atoms with Gasteiger partial charge in [0, 0.05) is 36.6 Å². The molecule has 0 spiro atoms. The summed E-state index contributed by atoms with van der Waals surface area (Å²) in [5, 5.41) is 3.05. The van der Waals surface area contributed by atoms with Crippen molar-refractivity contribution in [2.45, 2.75) is 24.3 Å². The summed E-state index contributed by atoms with van der Waals surface area (Å²) in [5.74, 6) is 0.727. The topological polar surface area (TPSA) is 91.4 Å². The van der Waals surface area contributed by atoms with Crippen molar-refractivity contribution in [3.63, 3.8) is 0 Å². The molecule has 1 amide bonds. The van der Waals surface area contributed by atoms with E-state index in [2.05, 4.69) is 19.9 Å². The van der Waals surface area contributed by atoms with Crippen LogP contribution in [0.25, 0.3) is 0 Å². The Morgan fingerprint density at radius 2 is 1.87 bits per heavy atom. The number of benzene rings is 2. The van der Waals surface area contributed by atoms with Gasteiger partial charge in [-0.3, -0.25) is 9.52 Å². The van der Waals surface area contributed by atoms with Crippen LogP contribution in [0.1, 0.15) is 22.3 Å². The van der Waals surface area contributed by atoms with E-state index in [1.165, 1.54) is 0 Å². The monoisotopic (exact) mass is 436 g/mol. The fourth-order valence-electron chi connectivity index (χ4n) is 3.58. The van der Waals surface area contributed by atoms with Gasteiger partial charge in [0.25, 0.3) is 15.9 Å². The molecule has 0 saturated carbocycles. The minimum absolute atomic E-state index is 0.0361. The van der Waals surface area contributed by atoms with Gasteiger partial charge in [0.2, 0.25) is 0 Å². The fraction of sp³-hybridized carbons (Fsp3) is 0.217. The SMILES string of the molecule is Cc1cccc(S(=O)(=O)Nc2ccc(C(=O)NC3CCN(c4ccccn4)C3)cc2)c1. The molecule has 2 N–H and O–H groups in total. The first-order valence-corrected chi connectivity index (χ1v) is 11.6. The minimum atomic E-state index is -3.68. The molecule has 1 aliphatic heterocycles. The molecule has 1 fully saturated rings. The lowest BCUT2D eigenvalue weighted by molar-refractivity contribution is 0.0940. The van der Waals surface area contributed by atoms with Crippen LogP contribution in [0.2, 0.25) is 0 Å². The van der Waals surface area contributed by atoms with Gasteiger partial charge in [-0.2, -0.15) is 0 Å². The van der Waals surface area contributed by atoms with E-state index in [4.69, 9.17) is 0 Å². The number of carbonyl (C=O) groups is 1. The zero-order chi connectivity index (χ0) is 21.8. The van der Waals surface area contributed by atoms with E-state index in [-0.39, 0.29) is 16.8 Å². The normalized spacial score (nSPS) is 16.2. The third-order valence-corrected chi connectivity index (χ3v) is 6.57. The number of aromatic nitrogens is 1. The van der Waals surface area contributed by atoms with Gasteiger partial charge in [-0.25, -0.2) is 13.4 Å². The number of rotatable bonds is 6. The highest BCUT2D eigenvalue weighted by Crippen LogP contribution is 2.19. The number of hydrogen-bond donors (Lipinski definition) is 2. The third-order valence-electron chi connectivity index (χ3n) is 5.20. The van der Waals surface area contributed by atoms with Crippen LogP contribution in [0.5, 0.6) is 0 Å². The van der Waals surface area contributed by atoms with Crippen molar-refractivity contribution >= 4 is 27.4 Å². The van der Waals surface area contributed by atoms with Crippen LogP contribution in [-0.2, 0) is 10.0 Å². The first-order chi connectivity index (χ1) is 14.9. The number of carbonyl (C=O) groups excluding carboxylic acids is 1. The van der Waals surface area contributed by atoms with Crippen molar-refractivity contribution < 1.29 is 13.2 Å². The van der Waals surface area contributed by atoms with Crippen LogP contribution in [0, 0.1) is 6.92 Å². The maximum Gasteiger partial charge on any atom is 0.261 e. The summed E-state index contributed by atoms with van der Waals surface area (Å²) >= 11 is 0. The first-order valence-electron chi connectivity index (χ1n) is 10.1. The highest BCUT2D eigenvalue weighted by atomic mass is 32.2. The maximum absolute atomic E-state index is 12.6. The fourth-order valence-corrected chi connectivity index (χ4v) is 4.74. The summed E-state index contributed by atoms with van der Waals surface area (Å²) in [4.78, 5) is 19.3. The van der Waals surface area contributed by atoms with Crippen molar-refractivity contribution in [2.75, 3.05) is 22.7 Å². The lowest BCUT2D eigenvalue weighted by atomic mass is 10.1. The standard InChI is InChI=1S/C23H24N4O3S/c1-17-5-4-6-21(15-17)31(29,30)26-19-10-8-18(9-11-19)23(28)25-20-12-14-27(16-20)22-7-2-3-13-24-22/h2-11,13,15,20,26H,12,14,16H2,1H3,(H,25,28). The molecule has 0 radical (unpaired) electrons. The molecule has 0 bridgehead atoms. The molecule has 3 aromatic rings. The van der Waals surface area contributed by atoms with E-state index in [0.717, 1.165) is 24.3 Å². The molecule has 2 aromatic carbocycles. The Hall–Kier alpha value is -3.39. The molecule has 31 heavy (non-hydrogen) atoms. The van der Waals surface area contributed by atoms with Crippen molar-refractivity contribution in [1.82, 2.24) is 10.3 Å². The molecule has 160 valence electrons. The summed E-state index contributed by atoms with van der Waals surface area (Å²) in [6, 6.07) is 19.0. The second-order valence-corrected chi connectivity index (χ2v) is 9.27. The van der Waals surface area contributed by atoms with Crippen LogP contribution in [0.4, 0.5) is 11.5 Å². The van der Waals surface area contributed by atoms with Crippen LogP contribution >= 0.6 is 0 Å². The third kappa shape index (κ3) is 5.03. The van der Waals surface area contributed by atoms with Gasteiger partial charge in [-0.1, -0.05) is 18.2 Å². The number of anilines is 2. The number of amides is 1. The lowest BCUT2D eigenvalue weighted by Crippen LogP contribution is -2.37. The van der Waals surface area contributed by atoms with Gasteiger partial charge in [0.15, 0.2) is 0 Å². The minimum Gasteiger partial charge on any atom is -0.354 e. The number of nitrogens with one attached hydrogen (secondary N) is 2. The Labute approximate surface area is 182 Å². The van der Waals surface area contributed by atoms with E-state index in [1.807, 2.05) is 31.2 Å². The Morgan fingerprint density at radius 3 is 2.58 bits per heavy atom. The number of pyridine rings is 1. The summed E-state index contributed by atoms with van der Waals surface area (Å²) < 4.78 is 27.7. The van der Waals surface area contributed by atoms with Gasteiger partial charge >= 0.3 is 0 Å². The molecular formula is C23H24N4O3S. The largest absolute Gasteiger partial charge is 0.354 e. The number of aryl methyl sites for hydroxylation is 1. The Balaban J connectivity index is 1.36. The van der Waals surface area contributed by atoms with E-state index in [9.17, 15) is 13.2 Å². The van der Waals surface area contributed by atoms with Crippen LogP contribution in [-0.4, -0.2) is 38.4 Å². The van der Waals surface area contributed by atoms with Gasteiger partial charge in [-0.15, -0.1) is 0 Å². The first kappa shape index (κ1) is 20.9. The molecule has 1 atom stereocenters. The Bertz CT molecular complexity index is 1160. The molecule has 0 aliphatic carbocycles. The van der Waals surface area contributed by atoms with Crippen molar-refractivity contribution in [3.8, 4) is 0 Å². The molecule has 2 heterocycles. The Morgan fingerprint density at radius 1 is 1.06 bits per heavy atom. The molecule has 4 rings (SSSR count). The average Bonchev–Trinajstić information content (AvgIpc) is 3.23. The number of nitrogens with zero attached hydrogens (tertiary/aromatic N) is 2. The van der Waals surface area contributed by atoms with Crippen LogP contribution in [0.15, 0.2) is 77.8 Å². The predicted molar refractivity (Wildman–Crippen MR) is 121 cm³/mol. The number of hydrogen-bond acceptors (Lipinski definition) is 5. The summed E-state index contributed by atoms with van der Waals surface area (Å²) in [6.07, 6.45) is 2.60. The predicted octanol–water partition coefficient (Wildman–Crippen LogP) is 3.20. The highest BCUT2D eigenvalue weighted by molar-refractivity contribution is 7.92. The van der Waals surface area contributed by atoms with E-state index >= 15 is 0 Å². The van der Waals surface area contributed by atoms with Gasteiger partial charge in [-0.05, 0) is 67.4 Å². The molecular weight excluding hydrogens is 412 g/mol. The number of sulfonamides is 1. The smallest absolute Gasteiger partial charge is 0.261 e. The summed E-state index contributed by atoms with van der Waals surface area (Å²) in [5.41, 5.74) is 1.75. The van der Waals surface area contributed by atoms with Crippen molar-refractivity contribution in [1.29, 1.82) is 0 Å². The zero-order valence-corrected chi connectivity index (χ0v) is 18.0. The van der Waals surface area contributed by atoms with E-state index < -0.39 is 10.0 Å². The lowest BCUT2D eigenvalue weighted by Gasteiger charge is -2.17. The quantitative estimate of drug-likeness (QED) is 0.619. The molecule has 7 nitrogen and oxygen atoms in total. The zero-order valence-electron chi connectivity index (χ0n) is 17.2. The van der Waals surface area contributed by atoms with E-state index in [0.29, 0.717) is 17.8 Å². The van der Waals surface area contributed by atoms with Gasteiger partial charge in [0.05, 0.1) is 4.90 Å². The molecule has 1 aromatic heterocycles. The second-order valence-electron chi connectivity index (χ2n) is 7.59. The highest BCUT2D eigenvalue weighted by Gasteiger charge is 2.25. The van der Waals surface area contributed by atoms with Gasteiger partial charge < -0.3 is 10.2 Å². The molecule has 8 heteroatoms. The molecule has 1 aliphatic rings. The van der Waals surface area contributed by atoms with E-state index in [1.54, 1.807) is 48.7 Å². The Kier molecular flexibility index (Phi) is 5.90. The second kappa shape index (κ2) is 8.77. The average molecular weight is 437 g/mol. The molecule has 1 unspecified atom stereocenters. The van der Waals surface area contributed by atoms with Crippen molar-refractivity contribution in [3.05, 3.63) is 84.1 Å². The maximum atomic E-state index is 12.6. The van der Waals surface area contributed by atoms with Gasteiger partial charge in [0.1, 0.15) is 5.82 Å². The summed E-state index contributed by atoms with van der Waals surface area (Å²) in [6.45, 7) is 3.38. The van der Waals surface area contributed by atoms with Crippen molar-refractivity contribution in [2.24, 2.45) is 0 Å². The van der Waals surface area contributed by atoms with Crippen LogP contribution in [0.3, 0.4) is 0 Å². The van der Waals surface area contributed by atoms with Crippen LogP contribution < -0.4 is 14.9 Å².